The highest BCUT2D eigenvalue weighted by Crippen LogP contribution is 2.32. The van der Waals surface area contributed by atoms with Crippen molar-refractivity contribution in [2.75, 3.05) is 10.0 Å². The summed E-state index contributed by atoms with van der Waals surface area (Å²) in [6.45, 7) is 3.66. The van der Waals surface area contributed by atoms with Crippen LogP contribution in [0.2, 0.25) is 0 Å². The number of aromatic nitrogens is 1. The molecule has 0 spiro atoms. The molecule has 2 aromatic carbocycles. The number of thiazole rings is 1. The second kappa shape index (κ2) is 6.81. The van der Waals surface area contributed by atoms with Gasteiger partial charge in [0.25, 0.3) is 10.0 Å². The third-order valence-electron chi connectivity index (χ3n) is 3.57. The summed E-state index contributed by atoms with van der Waals surface area (Å²) in [6.07, 6.45) is 0.391. The van der Waals surface area contributed by atoms with Crippen LogP contribution in [0.15, 0.2) is 47.4 Å². The number of benzene rings is 2. The average molecular weight is 375 g/mol. The third-order valence-corrected chi connectivity index (χ3v) is 5.97. The Morgan fingerprint density at radius 1 is 1.20 bits per heavy atom. The zero-order chi connectivity index (χ0) is 18.0. The molecule has 6 nitrogen and oxygen atoms in total. The fourth-order valence-electron chi connectivity index (χ4n) is 2.34. The maximum atomic E-state index is 12.4. The first-order valence-corrected chi connectivity index (χ1v) is 9.98. The average Bonchev–Trinajstić information content (AvgIpc) is 2.97. The second-order valence-corrected chi connectivity index (χ2v) is 8.19. The fourth-order valence-corrected chi connectivity index (χ4v) is 4.57. The minimum Gasteiger partial charge on any atom is -0.326 e. The van der Waals surface area contributed by atoms with Crippen LogP contribution in [0.1, 0.15) is 18.9 Å². The molecule has 2 N–H and O–H groups in total. The van der Waals surface area contributed by atoms with E-state index in [1.54, 1.807) is 31.2 Å². The molecule has 0 aliphatic rings. The molecule has 0 aliphatic heterocycles. The molecule has 0 radical (unpaired) electrons. The van der Waals surface area contributed by atoms with Crippen LogP contribution in [0.25, 0.3) is 10.2 Å². The number of carbonyl (C=O) groups is 1. The number of nitrogens with one attached hydrogen (secondary N) is 2. The van der Waals surface area contributed by atoms with Crippen LogP contribution in [-0.2, 0) is 14.8 Å². The molecule has 3 rings (SSSR count). The van der Waals surface area contributed by atoms with Crippen molar-refractivity contribution >= 4 is 48.3 Å². The minimum atomic E-state index is -3.68. The zero-order valence-corrected chi connectivity index (χ0v) is 15.4. The Morgan fingerprint density at radius 3 is 2.60 bits per heavy atom. The van der Waals surface area contributed by atoms with Crippen molar-refractivity contribution in [1.82, 2.24) is 4.98 Å². The number of hydrogen-bond donors (Lipinski definition) is 2. The summed E-state index contributed by atoms with van der Waals surface area (Å²) < 4.78 is 28.1. The van der Waals surface area contributed by atoms with Gasteiger partial charge >= 0.3 is 0 Å². The molecule has 0 aliphatic carbocycles. The second-order valence-electron chi connectivity index (χ2n) is 5.48. The predicted molar refractivity (Wildman–Crippen MR) is 101 cm³/mol. The van der Waals surface area contributed by atoms with Gasteiger partial charge in [-0.25, -0.2) is 13.4 Å². The van der Waals surface area contributed by atoms with Gasteiger partial charge in [-0.05, 0) is 36.8 Å². The van der Waals surface area contributed by atoms with E-state index < -0.39 is 10.0 Å². The van der Waals surface area contributed by atoms with E-state index in [9.17, 15) is 13.2 Å². The zero-order valence-electron chi connectivity index (χ0n) is 13.7. The number of hydrogen-bond acceptors (Lipinski definition) is 5. The van der Waals surface area contributed by atoms with Crippen LogP contribution in [-0.4, -0.2) is 19.3 Å². The number of anilines is 2. The van der Waals surface area contributed by atoms with Crippen LogP contribution in [0, 0.1) is 6.92 Å². The standard InChI is InChI=1S/C17H17N3O3S2/c1-3-15(21)18-12-9-11(2)16-14(10-12)24-17(19-16)20-25(22,23)13-7-5-4-6-8-13/h4-10H,3H2,1-2H3,(H,18,21)(H,19,20). The normalized spacial score (nSPS) is 11.4. The van der Waals surface area contributed by atoms with E-state index in [1.165, 1.54) is 23.5 Å². The summed E-state index contributed by atoms with van der Waals surface area (Å²) in [7, 11) is -3.68. The molecule has 1 amide bonds. The first-order valence-electron chi connectivity index (χ1n) is 7.68. The first-order chi connectivity index (χ1) is 11.9. The largest absolute Gasteiger partial charge is 0.326 e. The smallest absolute Gasteiger partial charge is 0.263 e. The van der Waals surface area contributed by atoms with Gasteiger partial charge in [-0.15, -0.1) is 0 Å². The molecule has 0 fully saturated rings. The lowest BCUT2D eigenvalue weighted by Gasteiger charge is -2.04. The van der Waals surface area contributed by atoms with Gasteiger partial charge in [0.1, 0.15) is 0 Å². The number of carbonyl (C=O) groups excluding carboxylic acids is 1. The van der Waals surface area contributed by atoms with E-state index in [-0.39, 0.29) is 10.8 Å². The first kappa shape index (κ1) is 17.4. The van der Waals surface area contributed by atoms with E-state index in [0.29, 0.717) is 22.8 Å². The Morgan fingerprint density at radius 2 is 1.92 bits per heavy atom. The van der Waals surface area contributed by atoms with E-state index in [1.807, 2.05) is 13.0 Å². The van der Waals surface area contributed by atoms with Crippen molar-refractivity contribution in [1.29, 1.82) is 0 Å². The molecular formula is C17H17N3O3S2. The Kier molecular flexibility index (Phi) is 4.73. The van der Waals surface area contributed by atoms with Crippen LogP contribution in [0.4, 0.5) is 10.8 Å². The minimum absolute atomic E-state index is 0.0757. The van der Waals surface area contributed by atoms with Gasteiger partial charge in [-0.2, -0.15) is 0 Å². The molecule has 1 aromatic heterocycles. The quantitative estimate of drug-likeness (QED) is 0.711. The van der Waals surface area contributed by atoms with Crippen LogP contribution in [0.5, 0.6) is 0 Å². The Hall–Kier alpha value is -2.45. The van der Waals surface area contributed by atoms with Crippen molar-refractivity contribution in [3.63, 3.8) is 0 Å². The number of sulfonamides is 1. The van der Waals surface area contributed by atoms with Gasteiger partial charge in [0.05, 0.1) is 15.1 Å². The summed E-state index contributed by atoms with van der Waals surface area (Å²) in [5.74, 6) is -0.0757. The number of aryl methyl sites for hydroxylation is 1. The summed E-state index contributed by atoms with van der Waals surface area (Å²) in [5.41, 5.74) is 2.26. The molecular weight excluding hydrogens is 358 g/mol. The van der Waals surface area contributed by atoms with Crippen LogP contribution in [0.3, 0.4) is 0 Å². The summed E-state index contributed by atoms with van der Waals surface area (Å²) >= 11 is 1.23. The number of amides is 1. The van der Waals surface area contributed by atoms with E-state index >= 15 is 0 Å². The Balaban J connectivity index is 1.93. The fraction of sp³-hybridized carbons (Fsp3) is 0.176. The SMILES string of the molecule is CCC(=O)Nc1cc(C)c2nc(NS(=O)(=O)c3ccccc3)sc2c1. The molecule has 1 heterocycles. The maximum absolute atomic E-state index is 12.4. The van der Waals surface area contributed by atoms with Gasteiger partial charge in [0.15, 0.2) is 5.13 Å². The van der Waals surface area contributed by atoms with E-state index in [2.05, 4.69) is 15.0 Å². The third kappa shape index (κ3) is 3.80. The van der Waals surface area contributed by atoms with Gasteiger partial charge in [0, 0.05) is 12.1 Å². The topological polar surface area (TPSA) is 88.2 Å². The Labute approximate surface area is 150 Å². The monoisotopic (exact) mass is 375 g/mol. The van der Waals surface area contributed by atoms with Crippen molar-refractivity contribution in [3.8, 4) is 0 Å². The van der Waals surface area contributed by atoms with E-state index in [4.69, 9.17) is 0 Å². The highest BCUT2D eigenvalue weighted by atomic mass is 32.2. The Bertz CT molecular complexity index is 1030. The summed E-state index contributed by atoms with van der Waals surface area (Å²) in [4.78, 5) is 16.1. The number of nitrogens with zero attached hydrogens (tertiary/aromatic N) is 1. The molecule has 130 valence electrons. The lowest BCUT2D eigenvalue weighted by molar-refractivity contribution is -0.115. The highest BCUT2D eigenvalue weighted by molar-refractivity contribution is 7.93. The number of fused-ring (bicyclic) bond motifs is 1. The lowest BCUT2D eigenvalue weighted by Crippen LogP contribution is -2.12. The molecule has 8 heteroatoms. The molecule has 0 atom stereocenters. The van der Waals surface area contributed by atoms with Gasteiger partial charge < -0.3 is 5.32 Å². The lowest BCUT2D eigenvalue weighted by atomic mass is 10.2. The van der Waals surface area contributed by atoms with Crippen molar-refractivity contribution in [3.05, 3.63) is 48.0 Å². The highest BCUT2D eigenvalue weighted by Gasteiger charge is 2.17. The van der Waals surface area contributed by atoms with Crippen molar-refractivity contribution in [2.24, 2.45) is 0 Å². The van der Waals surface area contributed by atoms with Crippen LogP contribution >= 0.6 is 11.3 Å². The van der Waals surface area contributed by atoms with Gasteiger partial charge in [0.2, 0.25) is 5.91 Å². The van der Waals surface area contributed by atoms with Crippen LogP contribution < -0.4 is 10.0 Å². The van der Waals surface area contributed by atoms with Gasteiger partial charge in [-0.1, -0.05) is 36.5 Å². The molecule has 0 saturated heterocycles. The molecule has 3 aromatic rings. The van der Waals surface area contributed by atoms with Crippen molar-refractivity contribution in [2.45, 2.75) is 25.2 Å². The molecule has 25 heavy (non-hydrogen) atoms. The summed E-state index contributed by atoms with van der Waals surface area (Å²) in [6, 6.07) is 11.8. The van der Waals surface area contributed by atoms with Gasteiger partial charge in [-0.3, -0.25) is 9.52 Å². The molecule has 0 bridgehead atoms. The molecule has 0 saturated carbocycles. The maximum Gasteiger partial charge on any atom is 0.263 e. The molecule has 0 unspecified atom stereocenters. The van der Waals surface area contributed by atoms with E-state index in [0.717, 1.165) is 10.3 Å². The predicted octanol–water partition coefficient (Wildman–Crippen LogP) is 3.75. The van der Waals surface area contributed by atoms with Crippen molar-refractivity contribution < 1.29 is 13.2 Å². The number of rotatable bonds is 5. The summed E-state index contributed by atoms with van der Waals surface area (Å²) in [5, 5.41) is 3.10.